The molecule has 66 valence electrons. The smallest absolute Gasteiger partial charge is 0.0412 e. The molecule has 1 aliphatic rings. The van der Waals surface area contributed by atoms with Gasteiger partial charge >= 0.3 is 0 Å². The van der Waals surface area contributed by atoms with Crippen LogP contribution in [-0.4, -0.2) is 0 Å². The van der Waals surface area contributed by atoms with Gasteiger partial charge in [0.15, 0.2) is 0 Å². The van der Waals surface area contributed by atoms with E-state index in [-0.39, 0.29) is 0 Å². The fraction of sp³-hybridized carbons (Fsp3) is 1.00. The van der Waals surface area contributed by atoms with Crippen molar-refractivity contribution in [1.29, 1.82) is 0 Å². The SMILES string of the molecule is CCC[C@H](C)CC1CCCC1. The lowest BCUT2D eigenvalue weighted by atomic mass is 9.92. The summed E-state index contributed by atoms with van der Waals surface area (Å²) in [6.45, 7) is 4.72. The molecule has 1 saturated carbocycles. The van der Waals surface area contributed by atoms with Crippen LogP contribution in [0.15, 0.2) is 0 Å². The van der Waals surface area contributed by atoms with Crippen molar-refractivity contribution in [1.82, 2.24) is 0 Å². The van der Waals surface area contributed by atoms with E-state index in [0.717, 1.165) is 11.8 Å². The molecule has 0 N–H and O–H groups in total. The minimum absolute atomic E-state index is 0.989. The summed E-state index contributed by atoms with van der Waals surface area (Å²) in [5, 5.41) is 0. The Kier molecular flexibility index (Phi) is 3.96. The van der Waals surface area contributed by atoms with Crippen LogP contribution >= 0.6 is 0 Å². The van der Waals surface area contributed by atoms with Crippen molar-refractivity contribution >= 4 is 0 Å². The first-order chi connectivity index (χ1) is 5.33. The van der Waals surface area contributed by atoms with E-state index in [2.05, 4.69) is 13.8 Å². The summed E-state index contributed by atoms with van der Waals surface area (Å²) in [5.74, 6) is 2.08. The molecule has 1 atom stereocenters. The van der Waals surface area contributed by atoms with E-state index in [4.69, 9.17) is 0 Å². The van der Waals surface area contributed by atoms with Crippen LogP contribution in [0.2, 0.25) is 0 Å². The monoisotopic (exact) mass is 154 g/mol. The fourth-order valence-corrected chi connectivity index (χ4v) is 2.43. The van der Waals surface area contributed by atoms with Crippen LogP contribution in [-0.2, 0) is 0 Å². The van der Waals surface area contributed by atoms with Crippen LogP contribution in [0.4, 0.5) is 0 Å². The molecule has 0 aliphatic heterocycles. The van der Waals surface area contributed by atoms with E-state index in [9.17, 15) is 0 Å². The molecule has 11 heavy (non-hydrogen) atoms. The van der Waals surface area contributed by atoms with E-state index in [1.807, 2.05) is 0 Å². The van der Waals surface area contributed by atoms with Crippen LogP contribution in [0.3, 0.4) is 0 Å². The molecule has 1 fully saturated rings. The Morgan fingerprint density at radius 2 is 1.91 bits per heavy atom. The maximum atomic E-state index is 2.42. The summed E-state index contributed by atoms with van der Waals surface area (Å²) in [6, 6.07) is 0. The molecule has 1 aliphatic carbocycles. The quantitative estimate of drug-likeness (QED) is 0.574. The third-order valence-electron chi connectivity index (χ3n) is 2.99. The molecule has 0 aromatic heterocycles. The predicted molar refractivity (Wildman–Crippen MR) is 50.6 cm³/mol. The van der Waals surface area contributed by atoms with Gasteiger partial charge in [0.25, 0.3) is 0 Å². The van der Waals surface area contributed by atoms with Gasteiger partial charge in [-0.2, -0.15) is 0 Å². The summed E-state index contributed by atoms with van der Waals surface area (Å²) < 4.78 is 0. The Morgan fingerprint density at radius 3 is 2.45 bits per heavy atom. The average molecular weight is 154 g/mol. The molecule has 0 bridgehead atoms. The molecule has 0 amide bonds. The number of hydrogen-bond acceptors (Lipinski definition) is 0. The Bertz CT molecular complexity index is 90.2. The van der Waals surface area contributed by atoms with Gasteiger partial charge in [0.05, 0.1) is 0 Å². The van der Waals surface area contributed by atoms with E-state index >= 15 is 0 Å². The first-order valence-corrected chi connectivity index (χ1v) is 5.33. The Hall–Kier alpha value is 0. The van der Waals surface area contributed by atoms with Gasteiger partial charge in [-0.05, 0) is 18.3 Å². The van der Waals surface area contributed by atoms with Gasteiger partial charge in [-0.15, -0.1) is 0 Å². The third kappa shape index (κ3) is 3.27. The molecular formula is C11H22. The first-order valence-electron chi connectivity index (χ1n) is 5.33. The molecule has 0 heteroatoms. The summed E-state index contributed by atoms with van der Waals surface area (Å²) in [6.07, 6.45) is 10.4. The van der Waals surface area contributed by atoms with Gasteiger partial charge in [0.2, 0.25) is 0 Å². The Morgan fingerprint density at radius 1 is 1.27 bits per heavy atom. The van der Waals surface area contributed by atoms with E-state index in [0.29, 0.717) is 0 Å². The largest absolute Gasteiger partial charge is 0.0654 e. The second-order valence-electron chi connectivity index (χ2n) is 4.28. The first kappa shape index (κ1) is 9.09. The highest BCUT2D eigenvalue weighted by atomic mass is 14.2. The van der Waals surface area contributed by atoms with Crippen LogP contribution in [0.25, 0.3) is 0 Å². The lowest BCUT2D eigenvalue weighted by Gasteiger charge is -2.14. The third-order valence-corrected chi connectivity index (χ3v) is 2.99. The van der Waals surface area contributed by atoms with Crippen molar-refractivity contribution in [3.63, 3.8) is 0 Å². The molecule has 0 saturated heterocycles. The molecule has 0 unspecified atom stereocenters. The van der Waals surface area contributed by atoms with Gasteiger partial charge in [-0.25, -0.2) is 0 Å². The molecule has 0 aromatic rings. The zero-order valence-corrected chi connectivity index (χ0v) is 8.10. The van der Waals surface area contributed by atoms with Crippen LogP contribution < -0.4 is 0 Å². The Labute approximate surface area is 71.4 Å². The standard InChI is InChI=1S/C11H22/c1-3-6-10(2)9-11-7-4-5-8-11/h10-11H,3-9H2,1-2H3/t10-/m0/s1. The van der Waals surface area contributed by atoms with Crippen molar-refractivity contribution in [2.45, 2.75) is 58.8 Å². The van der Waals surface area contributed by atoms with Crippen molar-refractivity contribution in [3.8, 4) is 0 Å². The normalized spacial score (nSPS) is 22.4. The Balaban J connectivity index is 2.08. The summed E-state index contributed by atoms with van der Waals surface area (Å²) in [7, 11) is 0. The topological polar surface area (TPSA) is 0 Å². The highest BCUT2D eigenvalue weighted by Gasteiger charge is 2.16. The molecule has 0 radical (unpaired) electrons. The predicted octanol–water partition coefficient (Wildman–Crippen LogP) is 4.00. The van der Waals surface area contributed by atoms with E-state index in [1.54, 1.807) is 0 Å². The van der Waals surface area contributed by atoms with Gasteiger partial charge in [-0.3, -0.25) is 0 Å². The molecule has 1 rings (SSSR count). The average Bonchev–Trinajstić information content (AvgIpc) is 2.40. The van der Waals surface area contributed by atoms with Crippen molar-refractivity contribution in [2.75, 3.05) is 0 Å². The highest BCUT2D eigenvalue weighted by Crippen LogP contribution is 2.31. The van der Waals surface area contributed by atoms with Crippen LogP contribution in [0.5, 0.6) is 0 Å². The summed E-state index contributed by atoms with van der Waals surface area (Å²) in [5.41, 5.74) is 0. The van der Waals surface area contributed by atoms with Gasteiger partial charge in [0.1, 0.15) is 0 Å². The number of hydrogen-bond donors (Lipinski definition) is 0. The van der Waals surface area contributed by atoms with Crippen molar-refractivity contribution in [3.05, 3.63) is 0 Å². The van der Waals surface area contributed by atoms with E-state index < -0.39 is 0 Å². The van der Waals surface area contributed by atoms with E-state index in [1.165, 1.54) is 44.9 Å². The second kappa shape index (κ2) is 4.79. The minimum Gasteiger partial charge on any atom is -0.0654 e. The minimum atomic E-state index is 0.989. The highest BCUT2D eigenvalue weighted by molar-refractivity contribution is 4.69. The number of rotatable bonds is 4. The lowest BCUT2D eigenvalue weighted by molar-refractivity contribution is 0.377. The zero-order chi connectivity index (χ0) is 8.10. The van der Waals surface area contributed by atoms with Crippen molar-refractivity contribution < 1.29 is 0 Å². The maximum Gasteiger partial charge on any atom is -0.0412 e. The molecule has 0 nitrogen and oxygen atoms in total. The summed E-state index contributed by atoms with van der Waals surface area (Å²) in [4.78, 5) is 0. The zero-order valence-electron chi connectivity index (χ0n) is 8.10. The van der Waals surface area contributed by atoms with Gasteiger partial charge in [0, 0.05) is 0 Å². The summed E-state index contributed by atoms with van der Waals surface area (Å²) >= 11 is 0. The fourth-order valence-electron chi connectivity index (χ4n) is 2.43. The van der Waals surface area contributed by atoms with Gasteiger partial charge in [-0.1, -0.05) is 52.4 Å². The van der Waals surface area contributed by atoms with Crippen molar-refractivity contribution in [2.24, 2.45) is 11.8 Å². The van der Waals surface area contributed by atoms with Crippen LogP contribution in [0.1, 0.15) is 58.8 Å². The molecule has 0 heterocycles. The van der Waals surface area contributed by atoms with Gasteiger partial charge < -0.3 is 0 Å². The second-order valence-corrected chi connectivity index (χ2v) is 4.28. The molecule has 0 aromatic carbocycles. The molecular weight excluding hydrogens is 132 g/mol. The lowest BCUT2D eigenvalue weighted by Crippen LogP contribution is -2.02. The molecule has 0 spiro atoms. The van der Waals surface area contributed by atoms with Crippen LogP contribution in [0, 0.1) is 11.8 Å². The maximum absolute atomic E-state index is 2.42.